The molecule has 0 aromatic carbocycles. The molecule has 1 aliphatic heterocycles. The fourth-order valence-electron chi connectivity index (χ4n) is 2.54. The lowest BCUT2D eigenvalue weighted by atomic mass is 10.3. The van der Waals surface area contributed by atoms with Crippen molar-refractivity contribution < 1.29 is 8.42 Å². The van der Waals surface area contributed by atoms with Crippen LogP contribution in [0.3, 0.4) is 0 Å². The van der Waals surface area contributed by atoms with Gasteiger partial charge in [0.25, 0.3) is 10.0 Å². The molecule has 0 amide bonds. The van der Waals surface area contributed by atoms with E-state index in [0.29, 0.717) is 11.6 Å². The Morgan fingerprint density at radius 3 is 2.65 bits per heavy atom. The van der Waals surface area contributed by atoms with Crippen LogP contribution >= 0.6 is 0 Å². The zero-order chi connectivity index (χ0) is 16.4. The largest absolute Gasteiger partial charge is 0.341 e. The van der Waals surface area contributed by atoms with E-state index in [1.807, 2.05) is 6.92 Å². The summed E-state index contributed by atoms with van der Waals surface area (Å²) in [4.78, 5) is 14.9. The van der Waals surface area contributed by atoms with Crippen molar-refractivity contribution in [1.82, 2.24) is 24.2 Å². The van der Waals surface area contributed by atoms with Crippen molar-refractivity contribution in [2.75, 3.05) is 18.0 Å². The first kappa shape index (κ1) is 15.9. The van der Waals surface area contributed by atoms with Crippen LogP contribution in [0.25, 0.3) is 0 Å². The van der Waals surface area contributed by atoms with Gasteiger partial charge in [0.05, 0.1) is 18.6 Å². The third-order valence-electron chi connectivity index (χ3n) is 3.68. The summed E-state index contributed by atoms with van der Waals surface area (Å²) in [5, 5.41) is 0.00513. The highest BCUT2D eigenvalue weighted by Crippen LogP contribution is 2.17. The van der Waals surface area contributed by atoms with Crippen LogP contribution in [0.5, 0.6) is 0 Å². The van der Waals surface area contributed by atoms with Gasteiger partial charge in [-0.1, -0.05) is 0 Å². The van der Waals surface area contributed by atoms with E-state index in [-0.39, 0.29) is 11.6 Å². The Hall–Kier alpha value is -2.00. The lowest BCUT2D eigenvalue weighted by Crippen LogP contribution is -2.26. The molecule has 0 unspecified atom stereocenters. The minimum Gasteiger partial charge on any atom is -0.341 e. The molecule has 1 aliphatic rings. The number of rotatable bonds is 5. The monoisotopic (exact) mass is 336 g/mol. The predicted molar refractivity (Wildman–Crippen MR) is 85.4 cm³/mol. The summed E-state index contributed by atoms with van der Waals surface area (Å²) in [6, 6.07) is 1.79. The van der Waals surface area contributed by atoms with Crippen molar-refractivity contribution in [2.24, 2.45) is 7.05 Å². The Labute approximate surface area is 135 Å². The quantitative estimate of drug-likeness (QED) is 0.859. The first-order chi connectivity index (χ1) is 10.9. The number of imidazole rings is 1. The Morgan fingerprint density at radius 1 is 1.26 bits per heavy atom. The molecule has 0 bridgehead atoms. The highest BCUT2D eigenvalue weighted by Gasteiger charge is 2.19. The molecule has 0 radical (unpaired) electrons. The van der Waals surface area contributed by atoms with Gasteiger partial charge in [-0.3, -0.25) is 0 Å². The first-order valence-corrected chi connectivity index (χ1v) is 8.99. The van der Waals surface area contributed by atoms with Gasteiger partial charge in [0, 0.05) is 32.0 Å². The van der Waals surface area contributed by atoms with Gasteiger partial charge in [-0.05, 0) is 25.8 Å². The predicted octanol–water partition coefficient (Wildman–Crippen LogP) is 0.597. The SMILES string of the molecule is Cc1cc(CNS(=O)(=O)c2cn(C)cn2)nc(N2CCCC2)n1. The van der Waals surface area contributed by atoms with Crippen LogP contribution in [0, 0.1) is 6.92 Å². The normalized spacial score (nSPS) is 15.3. The van der Waals surface area contributed by atoms with Gasteiger partial charge in [0.1, 0.15) is 0 Å². The van der Waals surface area contributed by atoms with Crippen LogP contribution in [-0.4, -0.2) is 41.0 Å². The van der Waals surface area contributed by atoms with Crippen LogP contribution in [-0.2, 0) is 23.6 Å². The third kappa shape index (κ3) is 3.67. The van der Waals surface area contributed by atoms with E-state index in [1.54, 1.807) is 17.7 Å². The molecule has 1 saturated heterocycles. The third-order valence-corrected chi connectivity index (χ3v) is 4.97. The Bertz CT molecular complexity index is 795. The molecule has 8 nitrogen and oxygen atoms in total. The van der Waals surface area contributed by atoms with Gasteiger partial charge in [-0.2, -0.15) is 0 Å². The number of aromatic nitrogens is 4. The number of nitrogens with one attached hydrogen (secondary N) is 1. The van der Waals surface area contributed by atoms with Crippen LogP contribution in [0.4, 0.5) is 5.95 Å². The molecule has 3 rings (SSSR count). The number of aryl methyl sites for hydroxylation is 2. The van der Waals surface area contributed by atoms with Crippen molar-refractivity contribution in [1.29, 1.82) is 0 Å². The number of hydrogen-bond acceptors (Lipinski definition) is 6. The number of anilines is 1. The van der Waals surface area contributed by atoms with Gasteiger partial charge in [0.15, 0.2) is 5.03 Å². The van der Waals surface area contributed by atoms with Crippen molar-refractivity contribution in [2.45, 2.75) is 31.3 Å². The second-order valence-corrected chi connectivity index (χ2v) is 7.41. The minimum atomic E-state index is -3.64. The van der Waals surface area contributed by atoms with Gasteiger partial charge in [-0.15, -0.1) is 0 Å². The maximum atomic E-state index is 12.2. The average Bonchev–Trinajstić information content (AvgIpc) is 3.16. The summed E-state index contributed by atoms with van der Waals surface area (Å²) in [6.07, 6.45) is 5.19. The van der Waals surface area contributed by atoms with Crippen molar-refractivity contribution in [3.05, 3.63) is 30.0 Å². The maximum absolute atomic E-state index is 12.2. The zero-order valence-electron chi connectivity index (χ0n) is 13.2. The highest BCUT2D eigenvalue weighted by molar-refractivity contribution is 7.89. The van der Waals surface area contributed by atoms with Crippen molar-refractivity contribution in [3.8, 4) is 0 Å². The van der Waals surface area contributed by atoms with E-state index >= 15 is 0 Å². The first-order valence-electron chi connectivity index (χ1n) is 7.51. The maximum Gasteiger partial charge on any atom is 0.259 e. The molecule has 23 heavy (non-hydrogen) atoms. The summed E-state index contributed by atoms with van der Waals surface area (Å²) in [7, 11) is -1.91. The molecule has 3 heterocycles. The summed E-state index contributed by atoms with van der Waals surface area (Å²) in [5.74, 6) is 0.675. The van der Waals surface area contributed by atoms with Crippen molar-refractivity contribution in [3.63, 3.8) is 0 Å². The Kier molecular flexibility index (Phi) is 4.31. The molecule has 2 aromatic heterocycles. The Balaban J connectivity index is 1.75. The summed E-state index contributed by atoms with van der Waals surface area (Å²) < 4.78 is 28.5. The van der Waals surface area contributed by atoms with Crippen LogP contribution < -0.4 is 9.62 Å². The molecule has 2 aromatic rings. The zero-order valence-corrected chi connectivity index (χ0v) is 14.0. The van der Waals surface area contributed by atoms with E-state index in [9.17, 15) is 8.42 Å². The number of nitrogens with zero attached hydrogens (tertiary/aromatic N) is 5. The molecule has 0 atom stereocenters. The smallest absolute Gasteiger partial charge is 0.259 e. The standard InChI is InChI=1S/C14H20N6O2S/c1-11-7-12(18-14(17-11)20-5-3-4-6-20)8-16-23(21,22)13-9-19(2)10-15-13/h7,9-10,16H,3-6,8H2,1-2H3. The molecule has 0 aliphatic carbocycles. The fraction of sp³-hybridized carbons (Fsp3) is 0.500. The molecule has 0 spiro atoms. The minimum absolute atomic E-state index is 0.00513. The second-order valence-electron chi connectivity index (χ2n) is 5.70. The summed E-state index contributed by atoms with van der Waals surface area (Å²) in [6.45, 7) is 3.90. The van der Waals surface area contributed by atoms with E-state index in [0.717, 1.165) is 31.6 Å². The number of hydrogen-bond donors (Lipinski definition) is 1. The highest BCUT2D eigenvalue weighted by atomic mass is 32.2. The van der Waals surface area contributed by atoms with Crippen LogP contribution in [0.1, 0.15) is 24.2 Å². The van der Waals surface area contributed by atoms with Crippen molar-refractivity contribution >= 4 is 16.0 Å². The number of sulfonamides is 1. The van der Waals surface area contributed by atoms with Gasteiger partial charge in [-0.25, -0.2) is 28.1 Å². The van der Waals surface area contributed by atoms with E-state index in [1.165, 1.54) is 12.5 Å². The molecular formula is C14H20N6O2S. The second kappa shape index (κ2) is 6.25. The van der Waals surface area contributed by atoms with E-state index < -0.39 is 10.0 Å². The molecular weight excluding hydrogens is 316 g/mol. The average molecular weight is 336 g/mol. The fourth-order valence-corrected chi connectivity index (χ4v) is 3.51. The molecule has 0 saturated carbocycles. The van der Waals surface area contributed by atoms with Gasteiger partial charge < -0.3 is 9.47 Å². The summed E-state index contributed by atoms with van der Waals surface area (Å²) >= 11 is 0. The lowest BCUT2D eigenvalue weighted by Gasteiger charge is -2.16. The van der Waals surface area contributed by atoms with E-state index in [2.05, 4.69) is 24.6 Å². The molecule has 1 N–H and O–H groups in total. The summed E-state index contributed by atoms with van der Waals surface area (Å²) in [5.41, 5.74) is 1.48. The van der Waals surface area contributed by atoms with Crippen LogP contribution in [0.2, 0.25) is 0 Å². The molecule has 9 heteroatoms. The topological polar surface area (TPSA) is 93.0 Å². The lowest BCUT2D eigenvalue weighted by molar-refractivity contribution is 0.577. The molecule has 124 valence electrons. The van der Waals surface area contributed by atoms with E-state index in [4.69, 9.17) is 0 Å². The van der Waals surface area contributed by atoms with Gasteiger partial charge >= 0.3 is 0 Å². The Morgan fingerprint density at radius 2 is 2.00 bits per heavy atom. The van der Waals surface area contributed by atoms with Crippen LogP contribution in [0.15, 0.2) is 23.6 Å². The van der Waals surface area contributed by atoms with Gasteiger partial charge in [0.2, 0.25) is 5.95 Å². The molecule has 1 fully saturated rings.